The molecule has 0 saturated carbocycles. The van der Waals surface area contributed by atoms with E-state index in [2.05, 4.69) is 120 Å². The monoisotopic (exact) mass is 945 g/mol. The molecular formula is C46H69FN12O5Si2. The van der Waals surface area contributed by atoms with Crippen LogP contribution in [0.1, 0.15) is 41.5 Å². The lowest BCUT2D eigenvalue weighted by Crippen LogP contribution is -2.50. The van der Waals surface area contributed by atoms with E-state index in [1.54, 1.807) is 35.3 Å². The molecule has 2 aliphatic heterocycles. The molecule has 0 spiro atoms. The van der Waals surface area contributed by atoms with Crippen molar-refractivity contribution in [2.45, 2.75) is 77.8 Å². The maximum atomic E-state index is 12.8. The molecule has 5 aromatic rings. The summed E-state index contributed by atoms with van der Waals surface area (Å²) in [4.78, 5) is 39.3. The summed E-state index contributed by atoms with van der Waals surface area (Å²) in [6.45, 7) is 29.0. The molecule has 1 aromatic carbocycles. The Labute approximate surface area is 391 Å². The normalized spacial score (nSPS) is 14.5. The number of aromatic nitrogens is 6. The van der Waals surface area contributed by atoms with Gasteiger partial charge in [0.05, 0.1) is 36.2 Å². The van der Waals surface area contributed by atoms with Crippen LogP contribution in [0.15, 0.2) is 85.7 Å². The quantitative estimate of drug-likeness (QED) is 0.121. The summed E-state index contributed by atoms with van der Waals surface area (Å²) in [6, 6.07) is 12.1. The number of rotatable bonds is 9. The fourth-order valence-corrected chi connectivity index (χ4v) is 8.12. The first-order valence-corrected chi connectivity index (χ1v) is 28.1. The van der Waals surface area contributed by atoms with Crippen molar-refractivity contribution in [3.8, 4) is 17.2 Å². The first kappa shape index (κ1) is 51.0. The maximum Gasteiger partial charge on any atom is 0.418 e. The number of ether oxygens (including phenoxy) is 1. The Kier molecular flexibility index (Phi) is 17.0. The Morgan fingerprint density at radius 3 is 1.47 bits per heavy atom. The summed E-state index contributed by atoms with van der Waals surface area (Å²) < 4.78 is 33.9. The Morgan fingerprint density at radius 1 is 0.621 bits per heavy atom. The Balaban J connectivity index is 0.000000200. The number of piperazine rings is 2. The van der Waals surface area contributed by atoms with Gasteiger partial charge in [0.25, 0.3) is 16.6 Å². The predicted molar refractivity (Wildman–Crippen MR) is 264 cm³/mol. The summed E-state index contributed by atoms with van der Waals surface area (Å²) in [6.07, 6.45) is 10.4. The van der Waals surface area contributed by atoms with Crippen molar-refractivity contribution >= 4 is 51.8 Å². The van der Waals surface area contributed by atoms with E-state index >= 15 is 0 Å². The molecule has 0 unspecified atom stereocenters. The van der Waals surface area contributed by atoms with E-state index < -0.39 is 28.5 Å². The van der Waals surface area contributed by atoms with Crippen molar-refractivity contribution in [1.82, 2.24) is 39.7 Å². The molecule has 3 amide bonds. The number of halogens is 1. The van der Waals surface area contributed by atoms with E-state index in [0.717, 1.165) is 50.7 Å². The smallest absolute Gasteiger partial charge is 0.418 e. The van der Waals surface area contributed by atoms with Crippen molar-refractivity contribution in [3.63, 3.8) is 0 Å². The first-order chi connectivity index (χ1) is 31.0. The number of carbonyl (C=O) groups excluding carboxylic acids is 2. The first-order valence-electron chi connectivity index (χ1n) is 22.3. The van der Waals surface area contributed by atoms with Crippen molar-refractivity contribution in [3.05, 3.63) is 91.5 Å². The average molecular weight is 945 g/mol. The Bertz CT molecular complexity index is 2300. The van der Waals surface area contributed by atoms with Gasteiger partial charge in [-0.3, -0.25) is 20.0 Å². The molecule has 358 valence electrons. The largest absolute Gasteiger partial charge is 0.542 e. The van der Waals surface area contributed by atoms with Crippen molar-refractivity contribution < 1.29 is 27.6 Å². The van der Waals surface area contributed by atoms with Gasteiger partial charge in [0, 0.05) is 78.8 Å². The number of hydrogen-bond acceptors (Lipinski definition) is 12. The summed E-state index contributed by atoms with van der Waals surface area (Å²) in [5.41, 5.74) is 2.32. The second kappa shape index (κ2) is 22.0. The second-order valence-electron chi connectivity index (χ2n) is 19.3. The van der Waals surface area contributed by atoms with Crippen LogP contribution < -0.4 is 39.3 Å². The molecule has 3 N–H and O–H groups in total. The zero-order valence-electron chi connectivity index (χ0n) is 40.7. The lowest BCUT2D eigenvalue weighted by Gasteiger charge is -2.36. The van der Waals surface area contributed by atoms with Gasteiger partial charge >= 0.3 is 12.1 Å². The van der Waals surface area contributed by atoms with Crippen LogP contribution in [0, 0.1) is 5.82 Å². The number of carbonyl (C=O) groups is 2. The average Bonchev–Trinajstić information content (AvgIpc) is 3.91. The minimum atomic E-state index is -1.93. The number of hydrogen-bond donors (Lipinski definition) is 3. The van der Waals surface area contributed by atoms with Crippen LogP contribution in [0.25, 0.3) is 0 Å². The fraction of sp³-hybridized carbons (Fsp3) is 0.478. The van der Waals surface area contributed by atoms with Gasteiger partial charge in [-0.25, -0.2) is 23.9 Å². The van der Waals surface area contributed by atoms with Crippen molar-refractivity contribution in [2.75, 3.05) is 72.8 Å². The molecule has 0 bridgehead atoms. The third-order valence-electron chi connectivity index (χ3n) is 12.1. The van der Waals surface area contributed by atoms with Crippen LogP contribution >= 0.6 is 0 Å². The van der Waals surface area contributed by atoms with E-state index in [0.29, 0.717) is 30.5 Å². The molecule has 66 heavy (non-hydrogen) atoms. The minimum Gasteiger partial charge on any atom is -0.542 e. The van der Waals surface area contributed by atoms with Gasteiger partial charge in [0.1, 0.15) is 34.7 Å². The molecule has 2 aliphatic rings. The predicted octanol–water partition coefficient (Wildman–Crippen LogP) is 8.60. The van der Waals surface area contributed by atoms with Gasteiger partial charge in [-0.2, -0.15) is 10.2 Å². The van der Waals surface area contributed by atoms with Gasteiger partial charge < -0.3 is 33.6 Å². The van der Waals surface area contributed by atoms with Crippen molar-refractivity contribution in [1.29, 1.82) is 0 Å². The van der Waals surface area contributed by atoms with Crippen LogP contribution in [-0.4, -0.2) is 116 Å². The Hall–Kier alpha value is -6.00. The van der Waals surface area contributed by atoms with Crippen LogP contribution in [0.5, 0.6) is 17.2 Å². The lowest BCUT2D eigenvalue weighted by atomic mass is 10.2. The van der Waals surface area contributed by atoms with E-state index in [4.69, 9.17) is 13.6 Å². The molecule has 7 rings (SSSR count). The van der Waals surface area contributed by atoms with Gasteiger partial charge in [0.15, 0.2) is 0 Å². The van der Waals surface area contributed by atoms with Crippen LogP contribution in [0.4, 0.5) is 37.0 Å². The van der Waals surface area contributed by atoms with Gasteiger partial charge in [-0.1, -0.05) is 41.5 Å². The number of benzene rings is 1. The molecular weight excluding hydrogens is 876 g/mol. The molecule has 20 heteroatoms. The van der Waals surface area contributed by atoms with Crippen molar-refractivity contribution in [2.24, 2.45) is 14.1 Å². The van der Waals surface area contributed by atoms with E-state index in [1.807, 2.05) is 48.3 Å². The third-order valence-corrected chi connectivity index (χ3v) is 20.8. The Morgan fingerprint density at radius 2 is 1.06 bits per heavy atom. The molecule has 17 nitrogen and oxygen atoms in total. The highest BCUT2D eigenvalue weighted by molar-refractivity contribution is 6.75. The molecule has 2 saturated heterocycles. The van der Waals surface area contributed by atoms with E-state index in [9.17, 15) is 14.0 Å². The van der Waals surface area contributed by atoms with E-state index in [1.165, 1.54) is 30.0 Å². The molecule has 0 atom stereocenters. The SMILES string of the molecule is CC(C)(C)[Si](C)(C)Oc1ccc(NC(=O)Oc2ccc(F)cc2)nc1.Cn1cc(N2CCN(C(=O)Nc3ccc(O[Si](C)(C)C(C)(C)C)cn3)CC2)cn1.Cn1cc(N2CCNCC2)cn1. The summed E-state index contributed by atoms with van der Waals surface area (Å²) in [7, 11) is 0.0210. The molecule has 0 radical (unpaired) electrons. The second-order valence-corrected chi connectivity index (χ2v) is 28.8. The van der Waals surface area contributed by atoms with Gasteiger partial charge in [-0.05, 0) is 84.8 Å². The molecule has 2 fully saturated rings. The highest BCUT2D eigenvalue weighted by Gasteiger charge is 2.40. The van der Waals surface area contributed by atoms with Crippen LogP contribution in [0.2, 0.25) is 36.3 Å². The number of nitrogens with one attached hydrogen (secondary N) is 3. The van der Waals surface area contributed by atoms with E-state index in [-0.39, 0.29) is 21.9 Å². The number of amides is 3. The summed E-state index contributed by atoms with van der Waals surface area (Å²) in [5, 5.41) is 17.3. The fourth-order valence-electron chi connectivity index (χ4n) is 6.09. The number of urea groups is 1. The number of anilines is 4. The van der Waals surface area contributed by atoms with Crippen LogP contribution in [0.3, 0.4) is 0 Å². The minimum absolute atomic E-state index is 0.0862. The molecule has 0 aliphatic carbocycles. The summed E-state index contributed by atoms with van der Waals surface area (Å²) in [5.74, 6) is 2.15. The standard InChI is InChI=1S/C20H32N6O2Si.C18H23FN2O3Si.C8H14N4/c1-20(2,3)29(5,6)28-17-7-8-18(21-14-17)23-19(27)26-11-9-25(10-12-26)16-13-22-24(4)15-16;1-18(2,3)25(4,5)24-15-10-11-16(20-12-15)21-17(22)23-14-8-6-13(19)7-9-14;1-11-7-8(6-10-11)12-4-2-9-3-5-12/h7-8,13-15H,9-12H2,1-6H3,(H,21,23,27);6-12H,1-5H3,(H,20,21,22);6-7,9H,2-5H2,1H3. The lowest BCUT2D eigenvalue weighted by molar-refractivity contribution is 0.208. The highest BCUT2D eigenvalue weighted by Crippen LogP contribution is 2.38. The zero-order chi connectivity index (χ0) is 48.3. The number of aryl methyl sites for hydroxylation is 2. The third kappa shape index (κ3) is 15.0. The number of nitrogens with zero attached hydrogens (tertiary/aromatic N) is 9. The summed E-state index contributed by atoms with van der Waals surface area (Å²) >= 11 is 0. The molecule has 4 aromatic heterocycles. The molecule has 6 heterocycles. The number of pyridine rings is 2. The highest BCUT2D eigenvalue weighted by atomic mass is 28.4. The zero-order valence-corrected chi connectivity index (χ0v) is 42.7. The van der Waals surface area contributed by atoms with Gasteiger partial charge in [-0.15, -0.1) is 0 Å². The van der Waals surface area contributed by atoms with Gasteiger partial charge in [0.2, 0.25) is 0 Å². The topological polar surface area (TPSA) is 169 Å². The van der Waals surface area contributed by atoms with Crippen LogP contribution in [-0.2, 0) is 14.1 Å². The maximum absolute atomic E-state index is 12.8.